The smallest absolute Gasteiger partial charge is 0.144 e. The highest BCUT2D eigenvalue weighted by atomic mass is 16.6. The highest BCUT2D eigenvalue weighted by Gasteiger charge is 2.57. The van der Waals surface area contributed by atoms with Crippen LogP contribution in [-0.4, -0.2) is 17.3 Å². The van der Waals surface area contributed by atoms with Crippen LogP contribution in [0.2, 0.25) is 0 Å². The van der Waals surface area contributed by atoms with Crippen LogP contribution in [0, 0.1) is 0 Å². The summed E-state index contributed by atoms with van der Waals surface area (Å²) in [5, 5.41) is 9.94. The average Bonchev–Trinajstić information content (AvgIpc) is 2.84. The molecule has 0 aromatic heterocycles. The molecule has 1 aliphatic rings. The molecular weight excluding hydrogens is 164 g/mol. The molecule has 1 saturated heterocycles. The van der Waals surface area contributed by atoms with E-state index in [-0.39, 0.29) is 0 Å². The Kier molecular flexibility index (Phi) is 1.72. The zero-order valence-corrected chi connectivity index (χ0v) is 7.95. The number of ether oxygens (including phenoxy) is 1. The van der Waals surface area contributed by atoms with Crippen molar-refractivity contribution in [3.63, 3.8) is 0 Å². The quantitative estimate of drug-likeness (QED) is 0.699. The van der Waals surface area contributed by atoms with E-state index in [0.29, 0.717) is 6.61 Å². The number of epoxide rings is 1. The number of hydrogen-bond donors (Lipinski definition) is 1. The van der Waals surface area contributed by atoms with Crippen molar-refractivity contribution in [1.82, 2.24) is 0 Å². The summed E-state index contributed by atoms with van der Waals surface area (Å²) in [5.41, 5.74) is -0.217. The number of hydrogen-bond acceptors (Lipinski definition) is 2. The van der Waals surface area contributed by atoms with Crippen molar-refractivity contribution >= 4 is 0 Å². The Hall–Kier alpha value is -0.860. The molecule has 1 fully saturated rings. The molecule has 0 saturated carbocycles. The molecule has 13 heavy (non-hydrogen) atoms. The molecule has 0 bridgehead atoms. The van der Waals surface area contributed by atoms with Crippen LogP contribution in [0.15, 0.2) is 30.3 Å². The van der Waals surface area contributed by atoms with E-state index in [2.05, 4.69) is 0 Å². The highest BCUT2D eigenvalue weighted by molar-refractivity contribution is 5.30. The van der Waals surface area contributed by atoms with Gasteiger partial charge in [-0.15, -0.1) is 0 Å². The Labute approximate surface area is 78.2 Å². The van der Waals surface area contributed by atoms with Gasteiger partial charge in [-0.1, -0.05) is 30.3 Å². The maximum absolute atomic E-state index is 9.94. The summed E-state index contributed by atoms with van der Waals surface area (Å²) in [6.07, 6.45) is 0. The van der Waals surface area contributed by atoms with E-state index < -0.39 is 11.2 Å². The van der Waals surface area contributed by atoms with Gasteiger partial charge in [-0.25, -0.2) is 0 Å². The van der Waals surface area contributed by atoms with Crippen LogP contribution >= 0.6 is 0 Å². The van der Waals surface area contributed by atoms with E-state index >= 15 is 0 Å². The summed E-state index contributed by atoms with van der Waals surface area (Å²) < 4.78 is 5.40. The normalized spacial score (nSPS) is 27.3. The van der Waals surface area contributed by atoms with E-state index in [1.165, 1.54) is 0 Å². The highest BCUT2D eigenvalue weighted by Crippen LogP contribution is 2.47. The van der Waals surface area contributed by atoms with Crippen LogP contribution in [0.25, 0.3) is 0 Å². The molecular formula is C11H14O2. The molecule has 1 aromatic rings. The molecule has 0 radical (unpaired) electrons. The number of benzene rings is 1. The molecule has 2 nitrogen and oxygen atoms in total. The summed E-state index contributed by atoms with van der Waals surface area (Å²) in [7, 11) is 0. The van der Waals surface area contributed by atoms with Crippen molar-refractivity contribution in [3.8, 4) is 0 Å². The summed E-state index contributed by atoms with van der Waals surface area (Å²) in [4.78, 5) is 0. The SMILES string of the molecule is CC(C)(O)C1(c2ccccc2)CO1. The lowest BCUT2D eigenvalue weighted by atomic mass is 9.85. The van der Waals surface area contributed by atoms with Crippen LogP contribution in [0.5, 0.6) is 0 Å². The largest absolute Gasteiger partial charge is 0.387 e. The summed E-state index contributed by atoms with van der Waals surface area (Å²) in [5.74, 6) is 0. The first-order valence-corrected chi connectivity index (χ1v) is 4.48. The van der Waals surface area contributed by atoms with Gasteiger partial charge < -0.3 is 9.84 Å². The third kappa shape index (κ3) is 1.26. The lowest BCUT2D eigenvalue weighted by Crippen LogP contribution is -2.37. The van der Waals surface area contributed by atoms with Crippen molar-refractivity contribution in [2.45, 2.75) is 25.0 Å². The van der Waals surface area contributed by atoms with Crippen LogP contribution in [0.1, 0.15) is 19.4 Å². The minimum Gasteiger partial charge on any atom is -0.387 e. The van der Waals surface area contributed by atoms with Gasteiger partial charge in [0.15, 0.2) is 0 Å². The number of aliphatic hydroxyl groups is 1. The molecule has 0 amide bonds. The molecule has 0 aliphatic carbocycles. The predicted octanol–water partition coefficient (Wildman–Crippen LogP) is 1.68. The Morgan fingerprint density at radius 2 is 1.85 bits per heavy atom. The van der Waals surface area contributed by atoms with Gasteiger partial charge in [0.05, 0.1) is 12.2 Å². The zero-order valence-electron chi connectivity index (χ0n) is 7.95. The molecule has 1 atom stereocenters. The second-order valence-electron chi connectivity index (χ2n) is 4.04. The lowest BCUT2D eigenvalue weighted by Gasteiger charge is -2.26. The second kappa shape index (κ2) is 2.56. The summed E-state index contributed by atoms with van der Waals surface area (Å²) in [6.45, 7) is 4.18. The van der Waals surface area contributed by atoms with E-state index in [1.807, 2.05) is 30.3 Å². The van der Waals surface area contributed by atoms with Crippen molar-refractivity contribution in [1.29, 1.82) is 0 Å². The van der Waals surface area contributed by atoms with Gasteiger partial charge in [-0.3, -0.25) is 0 Å². The molecule has 2 rings (SSSR count). The van der Waals surface area contributed by atoms with Gasteiger partial charge in [0, 0.05) is 0 Å². The molecule has 70 valence electrons. The van der Waals surface area contributed by atoms with Crippen molar-refractivity contribution in [2.24, 2.45) is 0 Å². The fourth-order valence-corrected chi connectivity index (χ4v) is 1.65. The minimum atomic E-state index is -0.811. The maximum Gasteiger partial charge on any atom is 0.144 e. The van der Waals surface area contributed by atoms with E-state index in [9.17, 15) is 5.11 Å². The van der Waals surface area contributed by atoms with Crippen LogP contribution in [0.4, 0.5) is 0 Å². The second-order valence-corrected chi connectivity index (χ2v) is 4.04. The molecule has 1 N–H and O–H groups in total. The van der Waals surface area contributed by atoms with Gasteiger partial charge in [0.2, 0.25) is 0 Å². The van der Waals surface area contributed by atoms with Crippen molar-refractivity contribution in [2.75, 3.05) is 6.61 Å². The molecule has 1 aromatic carbocycles. The van der Waals surface area contributed by atoms with Gasteiger partial charge in [-0.05, 0) is 19.4 Å². The third-order valence-electron chi connectivity index (χ3n) is 2.66. The summed E-state index contributed by atoms with van der Waals surface area (Å²) >= 11 is 0. The maximum atomic E-state index is 9.94. The Bertz CT molecular complexity index is 294. The van der Waals surface area contributed by atoms with Crippen LogP contribution in [-0.2, 0) is 10.3 Å². The van der Waals surface area contributed by atoms with Crippen LogP contribution in [0.3, 0.4) is 0 Å². The monoisotopic (exact) mass is 178 g/mol. The minimum absolute atomic E-state index is 0.464. The standard InChI is InChI=1S/C11H14O2/c1-10(2,12)11(8-13-11)9-6-4-3-5-7-9/h3-7,12H,8H2,1-2H3. The zero-order chi connectivity index (χ0) is 9.53. The third-order valence-corrected chi connectivity index (χ3v) is 2.66. The Morgan fingerprint density at radius 1 is 1.31 bits per heavy atom. The van der Waals surface area contributed by atoms with E-state index in [1.54, 1.807) is 13.8 Å². The first-order valence-electron chi connectivity index (χ1n) is 4.48. The van der Waals surface area contributed by atoms with Gasteiger partial charge in [0.1, 0.15) is 5.60 Å². The number of rotatable bonds is 2. The average molecular weight is 178 g/mol. The van der Waals surface area contributed by atoms with Crippen LogP contribution < -0.4 is 0 Å². The first-order chi connectivity index (χ1) is 6.06. The lowest BCUT2D eigenvalue weighted by molar-refractivity contribution is -0.00829. The fraction of sp³-hybridized carbons (Fsp3) is 0.455. The van der Waals surface area contributed by atoms with E-state index in [0.717, 1.165) is 5.56 Å². The molecule has 2 heteroatoms. The fourth-order valence-electron chi connectivity index (χ4n) is 1.65. The van der Waals surface area contributed by atoms with Gasteiger partial charge >= 0.3 is 0 Å². The first kappa shape index (κ1) is 8.73. The summed E-state index contributed by atoms with van der Waals surface area (Å²) in [6, 6.07) is 9.87. The Morgan fingerprint density at radius 3 is 2.23 bits per heavy atom. The van der Waals surface area contributed by atoms with E-state index in [4.69, 9.17) is 4.74 Å². The Balaban J connectivity index is 2.37. The molecule has 1 heterocycles. The van der Waals surface area contributed by atoms with Crippen molar-refractivity contribution < 1.29 is 9.84 Å². The van der Waals surface area contributed by atoms with Gasteiger partial charge in [0.25, 0.3) is 0 Å². The molecule has 1 unspecified atom stereocenters. The van der Waals surface area contributed by atoms with Crippen molar-refractivity contribution in [3.05, 3.63) is 35.9 Å². The predicted molar refractivity (Wildman–Crippen MR) is 50.4 cm³/mol. The molecule has 0 spiro atoms. The topological polar surface area (TPSA) is 32.8 Å². The van der Waals surface area contributed by atoms with Gasteiger partial charge in [-0.2, -0.15) is 0 Å². The molecule has 1 aliphatic heterocycles.